The molecule has 0 aliphatic carbocycles. The van der Waals surface area contributed by atoms with Gasteiger partial charge in [0.2, 0.25) is 0 Å². The Morgan fingerprint density at radius 2 is 1.85 bits per heavy atom. The van der Waals surface area contributed by atoms with Gasteiger partial charge in [0.05, 0.1) is 6.61 Å². The van der Waals surface area contributed by atoms with Gasteiger partial charge in [0.15, 0.2) is 5.78 Å². The lowest BCUT2D eigenvalue weighted by Gasteiger charge is -2.26. The molecule has 0 aromatic carbocycles. The number of carbonyl (C=O) groups excluding carboxylic acids is 2. The average Bonchev–Trinajstić information content (AvgIpc) is 2.42. The van der Waals surface area contributed by atoms with Crippen LogP contribution in [0.3, 0.4) is 0 Å². The molecule has 1 atom stereocenters. The van der Waals surface area contributed by atoms with Gasteiger partial charge in [-0.05, 0) is 18.4 Å². The van der Waals surface area contributed by atoms with Crippen LogP contribution in [0.2, 0.25) is 0 Å². The molecule has 7 heteroatoms. The molecule has 0 aromatic heterocycles. The predicted octanol–water partition coefficient (Wildman–Crippen LogP) is 1.76. The van der Waals surface area contributed by atoms with E-state index in [1.165, 1.54) is 0 Å². The minimum Gasteiger partial charge on any atom is -0.396 e. The Morgan fingerprint density at radius 1 is 1.25 bits per heavy atom. The Kier molecular flexibility index (Phi) is 8.79. The number of hydrogen-bond donors (Lipinski definition) is 2. The van der Waals surface area contributed by atoms with E-state index in [1.807, 2.05) is 0 Å². The van der Waals surface area contributed by atoms with Crippen molar-refractivity contribution in [1.29, 1.82) is 0 Å². The summed E-state index contributed by atoms with van der Waals surface area (Å²) >= 11 is 0. The van der Waals surface area contributed by atoms with Crippen molar-refractivity contribution in [2.45, 2.75) is 52.1 Å². The molecule has 0 unspecified atom stereocenters. The highest BCUT2D eigenvalue weighted by Gasteiger charge is 2.32. The predicted molar refractivity (Wildman–Crippen MR) is 74.0 cm³/mol. The lowest BCUT2D eigenvalue weighted by atomic mass is 9.84. The van der Waals surface area contributed by atoms with Crippen molar-refractivity contribution in [3.8, 4) is 0 Å². The van der Waals surface area contributed by atoms with E-state index in [2.05, 4.69) is 10.0 Å². The van der Waals surface area contributed by atoms with Crippen LogP contribution in [0.5, 0.6) is 0 Å². The molecule has 0 aliphatic heterocycles. The van der Waals surface area contributed by atoms with Gasteiger partial charge in [0, 0.05) is 36.1 Å². The number of ketones is 2. The summed E-state index contributed by atoms with van der Waals surface area (Å²) in [4.78, 5) is 25.8. The number of hydrogen-bond acceptors (Lipinski definition) is 5. The van der Waals surface area contributed by atoms with Gasteiger partial charge in [-0.2, -0.15) is 0 Å². The maximum atomic E-state index is 11.7. The fourth-order valence-electron chi connectivity index (χ4n) is 1.64. The van der Waals surface area contributed by atoms with Crippen LogP contribution in [0.1, 0.15) is 46.0 Å². The van der Waals surface area contributed by atoms with Crippen molar-refractivity contribution in [2.75, 3.05) is 13.2 Å². The van der Waals surface area contributed by atoms with Gasteiger partial charge in [-0.25, -0.2) is 0 Å². The van der Waals surface area contributed by atoms with Crippen molar-refractivity contribution >= 4 is 11.6 Å². The molecule has 0 aromatic rings. The number of aliphatic hydroxyl groups is 2. The Bertz CT molecular complexity index is 376. The molecule has 0 amide bonds. The van der Waals surface area contributed by atoms with Crippen LogP contribution in [-0.2, 0) is 9.59 Å². The van der Waals surface area contributed by atoms with Gasteiger partial charge in [0.25, 0.3) is 0 Å². The summed E-state index contributed by atoms with van der Waals surface area (Å²) in [6.07, 6.45) is 0.403. The minimum absolute atomic E-state index is 0.0156. The summed E-state index contributed by atoms with van der Waals surface area (Å²) in [5, 5.41) is 22.2. The van der Waals surface area contributed by atoms with E-state index in [0.717, 1.165) is 0 Å². The second kappa shape index (κ2) is 9.47. The van der Waals surface area contributed by atoms with Gasteiger partial charge in [-0.3, -0.25) is 9.59 Å². The Morgan fingerprint density at radius 3 is 2.40 bits per heavy atom. The molecule has 0 spiro atoms. The zero-order valence-electron chi connectivity index (χ0n) is 12.1. The van der Waals surface area contributed by atoms with E-state index in [1.54, 1.807) is 13.8 Å². The van der Waals surface area contributed by atoms with Gasteiger partial charge >= 0.3 is 0 Å². The molecule has 0 rings (SSSR count). The third kappa shape index (κ3) is 7.23. The number of azide groups is 1. The van der Waals surface area contributed by atoms with Crippen molar-refractivity contribution in [3.05, 3.63) is 10.4 Å². The first-order valence-electron chi connectivity index (χ1n) is 6.69. The van der Waals surface area contributed by atoms with Gasteiger partial charge in [0.1, 0.15) is 11.9 Å². The molecule has 0 saturated carbocycles. The summed E-state index contributed by atoms with van der Waals surface area (Å²) in [5.41, 5.74) is 7.20. The van der Waals surface area contributed by atoms with Crippen molar-refractivity contribution < 1.29 is 19.8 Å². The first-order valence-corrected chi connectivity index (χ1v) is 6.69. The summed E-state index contributed by atoms with van der Waals surface area (Å²) in [6, 6.07) is 0. The second-order valence-corrected chi connectivity index (χ2v) is 5.47. The molecule has 0 bridgehead atoms. The standard InChI is InChI=1S/C13H23N3O4/c1-13(2,9-17)12(20)11(19)7-3-5-10(18)6-4-8-15-16-14/h12,17,20H,3-9H2,1-2H3/t12-/m0/s1. The van der Waals surface area contributed by atoms with Crippen LogP contribution < -0.4 is 0 Å². The molecule has 0 radical (unpaired) electrons. The van der Waals surface area contributed by atoms with E-state index >= 15 is 0 Å². The quantitative estimate of drug-likeness (QED) is 0.260. The maximum Gasteiger partial charge on any atom is 0.161 e. The highest BCUT2D eigenvalue weighted by molar-refractivity contribution is 5.84. The first-order chi connectivity index (χ1) is 9.35. The Labute approximate surface area is 118 Å². The number of aliphatic hydroxyl groups excluding tert-OH is 2. The molecule has 7 nitrogen and oxygen atoms in total. The van der Waals surface area contributed by atoms with E-state index in [9.17, 15) is 14.7 Å². The number of rotatable bonds is 11. The van der Waals surface area contributed by atoms with Crippen molar-refractivity contribution in [3.63, 3.8) is 0 Å². The molecular weight excluding hydrogens is 262 g/mol. The summed E-state index contributed by atoms with van der Waals surface area (Å²) in [7, 11) is 0. The Hall–Kier alpha value is -1.43. The average molecular weight is 285 g/mol. The van der Waals surface area contributed by atoms with E-state index < -0.39 is 11.5 Å². The van der Waals surface area contributed by atoms with Crippen molar-refractivity contribution in [1.82, 2.24) is 0 Å². The van der Waals surface area contributed by atoms with Gasteiger partial charge in [-0.15, -0.1) is 0 Å². The topological polar surface area (TPSA) is 123 Å². The summed E-state index contributed by atoms with van der Waals surface area (Å²) in [6.45, 7) is 3.23. The van der Waals surface area contributed by atoms with Crippen LogP contribution in [0.15, 0.2) is 5.11 Å². The fraction of sp³-hybridized carbons (Fsp3) is 0.846. The lowest BCUT2D eigenvalue weighted by molar-refractivity contribution is -0.135. The van der Waals surface area contributed by atoms with Crippen LogP contribution in [0, 0.1) is 5.41 Å². The summed E-state index contributed by atoms with van der Waals surface area (Å²) < 4.78 is 0. The van der Waals surface area contributed by atoms with Crippen LogP contribution in [-0.4, -0.2) is 41.0 Å². The van der Waals surface area contributed by atoms with Gasteiger partial charge in [-0.1, -0.05) is 19.0 Å². The molecule has 0 aliphatic rings. The number of nitrogens with zero attached hydrogens (tertiary/aromatic N) is 3. The first kappa shape index (κ1) is 18.6. The minimum atomic E-state index is -1.22. The molecule has 2 N–H and O–H groups in total. The highest BCUT2D eigenvalue weighted by Crippen LogP contribution is 2.21. The largest absolute Gasteiger partial charge is 0.396 e. The molecule has 0 fully saturated rings. The van der Waals surface area contributed by atoms with Crippen LogP contribution >= 0.6 is 0 Å². The Balaban J connectivity index is 3.91. The number of carbonyl (C=O) groups is 2. The maximum absolute atomic E-state index is 11.7. The van der Waals surface area contributed by atoms with E-state index in [0.29, 0.717) is 25.8 Å². The fourth-order valence-corrected chi connectivity index (χ4v) is 1.64. The highest BCUT2D eigenvalue weighted by atomic mass is 16.3. The molecular formula is C13H23N3O4. The molecule has 20 heavy (non-hydrogen) atoms. The van der Waals surface area contributed by atoms with E-state index in [4.69, 9.17) is 10.6 Å². The second-order valence-electron chi connectivity index (χ2n) is 5.47. The third-order valence-electron chi connectivity index (χ3n) is 3.11. The number of Topliss-reactive ketones (excluding diaryl/α,β-unsaturated/α-hetero) is 2. The van der Waals surface area contributed by atoms with Crippen LogP contribution in [0.4, 0.5) is 0 Å². The van der Waals surface area contributed by atoms with Crippen LogP contribution in [0.25, 0.3) is 10.4 Å². The smallest absolute Gasteiger partial charge is 0.161 e. The lowest BCUT2D eigenvalue weighted by Crippen LogP contribution is -2.39. The summed E-state index contributed by atoms with van der Waals surface area (Å²) in [5.74, 6) is -0.340. The monoisotopic (exact) mass is 285 g/mol. The third-order valence-corrected chi connectivity index (χ3v) is 3.11. The zero-order chi connectivity index (χ0) is 15.6. The van der Waals surface area contributed by atoms with Crippen molar-refractivity contribution in [2.24, 2.45) is 10.5 Å². The van der Waals surface area contributed by atoms with Gasteiger partial charge < -0.3 is 10.2 Å². The normalized spacial score (nSPS) is 12.6. The van der Waals surface area contributed by atoms with E-state index in [-0.39, 0.29) is 31.0 Å². The zero-order valence-corrected chi connectivity index (χ0v) is 12.1. The molecule has 114 valence electrons. The SMILES string of the molecule is CC(C)(CO)[C@@H](O)C(=O)CCCC(=O)CCCN=[N+]=[N-]. The molecule has 0 heterocycles. The molecule has 0 saturated heterocycles.